The van der Waals surface area contributed by atoms with E-state index >= 15 is 0 Å². The maximum atomic E-state index is 12.8. The normalized spacial score (nSPS) is 15.2. The van der Waals surface area contributed by atoms with Gasteiger partial charge >= 0.3 is 0 Å². The summed E-state index contributed by atoms with van der Waals surface area (Å²) in [7, 11) is 1.22. The smallest absolute Gasteiger partial charge is 0.268 e. The van der Waals surface area contributed by atoms with Crippen molar-refractivity contribution in [1.29, 1.82) is 0 Å². The molecule has 0 radical (unpaired) electrons. The third-order valence-corrected chi connectivity index (χ3v) is 10.2. The molecule has 2 N–H and O–H groups in total. The number of phosphoric ester groups is 1. The predicted molar refractivity (Wildman–Crippen MR) is 246 cm³/mol. The largest absolute Gasteiger partial charge is 0.756 e. The molecule has 0 aliphatic carbocycles. The summed E-state index contributed by atoms with van der Waals surface area (Å²) in [6, 6.07) is -0.912. The number of quaternary nitrogens is 1. The molecule has 3 unspecified atom stereocenters. The van der Waals surface area contributed by atoms with Crippen LogP contribution in [0.5, 0.6) is 0 Å². The molecule has 0 saturated heterocycles. The lowest BCUT2D eigenvalue weighted by atomic mass is 10.1. The standard InChI is InChI=1S/C49H85N2O6P/c1-6-8-10-12-14-16-17-18-19-20-21-22-23-24-25-26-27-28-29-30-31-32-33-35-37-39-41-43-49(53)50-47(46-57-58(54,55)56-45-44-51(3,4)5)48(52)42-40-38-36-34-15-13-11-9-7-2/h8,10,14-16,18-19,21-22,24-25,27-28,34,40,42,47-48,52H,6-7,9,11-13,17,20,23,26,29-33,35-39,41,43-46H2,1-5H3,(H-,50,53,54,55)/b10-8-,16-14-,19-18-,22-21-,25-24-,28-27-,34-15+,42-40+. The zero-order chi connectivity index (χ0) is 42.8. The summed E-state index contributed by atoms with van der Waals surface area (Å²) in [5, 5.41) is 13.7. The zero-order valence-corrected chi connectivity index (χ0v) is 38.3. The van der Waals surface area contributed by atoms with E-state index in [9.17, 15) is 19.4 Å². The van der Waals surface area contributed by atoms with Crippen molar-refractivity contribution >= 4 is 13.7 Å². The number of nitrogens with one attached hydrogen (secondary N) is 1. The van der Waals surface area contributed by atoms with Crippen LogP contribution in [0, 0.1) is 0 Å². The highest BCUT2D eigenvalue weighted by Gasteiger charge is 2.23. The van der Waals surface area contributed by atoms with E-state index in [0.29, 0.717) is 17.4 Å². The predicted octanol–water partition coefficient (Wildman–Crippen LogP) is 12.1. The van der Waals surface area contributed by atoms with E-state index < -0.39 is 26.6 Å². The highest BCUT2D eigenvalue weighted by Crippen LogP contribution is 2.38. The van der Waals surface area contributed by atoms with E-state index in [2.05, 4.69) is 104 Å². The van der Waals surface area contributed by atoms with Crippen LogP contribution in [0.15, 0.2) is 97.2 Å². The molecule has 0 heterocycles. The third-order valence-electron chi connectivity index (χ3n) is 9.28. The third kappa shape index (κ3) is 41.6. The minimum absolute atomic E-state index is 0.0138. The summed E-state index contributed by atoms with van der Waals surface area (Å²) >= 11 is 0. The Morgan fingerprint density at radius 2 is 1.07 bits per heavy atom. The summed E-state index contributed by atoms with van der Waals surface area (Å²) in [6.45, 7) is 4.42. The number of unbranched alkanes of at least 4 members (excludes halogenated alkanes) is 12. The second kappa shape index (κ2) is 39.9. The molecule has 8 nitrogen and oxygen atoms in total. The van der Waals surface area contributed by atoms with Gasteiger partial charge in [-0.3, -0.25) is 9.36 Å². The van der Waals surface area contributed by atoms with Gasteiger partial charge in [0.15, 0.2) is 0 Å². The van der Waals surface area contributed by atoms with Gasteiger partial charge in [-0.1, -0.05) is 162 Å². The van der Waals surface area contributed by atoms with E-state index in [4.69, 9.17) is 9.05 Å². The number of rotatable bonds is 39. The van der Waals surface area contributed by atoms with Crippen molar-refractivity contribution in [2.24, 2.45) is 0 Å². The number of aliphatic hydroxyl groups is 1. The zero-order valence-electron chi connectivity index (χ0n) is 37.5. The van der Waals surface area contributed by atoms with Crippen LogP contribution in [0.25, 0.3) is 0 Å². The first-order chi connectivity index (χ1) is 28.0. The van der Waals surface area contributed by atoms with E-state index in [0.717, 1.165) is 89.9 Å². The molecule has 0 aromatic rings. The van der Waals surface area contributed by atoms with Crippen LogP contribution in [0.1, 0.15) is 155 Å². The Morgan fingerprint density at radius 3 is 1.60 bits per heavy atom. The number of hydrogen-bond donors (Lipinski definition) is 2. The Bertz CT molecular complexity index is 1260. The van der Waals surface area contributed by atoms with Gasteiger partial charge in [0.25, 0.3) is 7.82 Å². The highest BCUT2D eigenvalue weighted by molar-refractivity contribution is 7.45. The van der Waals surface area contributed by atoms with Crippen LogP contribution in [0.2, 0.25) is 0 Å². The SMILES string of the molecule is CC/C=C\C/C=C\C/C=C\C/C=C\C/C=C\C/C=C\CCCCCCCCCCC(=O)NC(COP(=O)([O-])OCC[N+](C)(C)C)C(O)/C=C/CC/C=C/CCCCC. The van der Waals surface area contributed by atoms with Gasteiger partial charge in [-0.25, -0.2) is 0 Å². The molecule has 332 valence electrons. The maximum Gasteiger partial charge on any atom is 0.268 e. The van der Waals surface area contributed by atoms with Crippen molar-refractivity contribution in [3.05, 3.63) is 97.2 Å². The molecule has 9 heteroatoms. The summed E-state index contributed by atoms with van der Waals surface area (Å²) < 4.78 is 23.1. The second-order valence-electron chi connectivity index (χ2n) is 16.0. The average Bonchev–Trinajstić information content (AvgIpc) is 3.17. The number of aliphatic hydroxyl groups excluding tert-OH is 1. The fourth-order valence-corrected chi connectivity index (χ4v) is 6.42. The quantitative estimate of drug-likeness (QED) is 0.0276. The van der Waals surface area contributed by atoms with E-state index in [1.54, 1.807) is 6.08 Å². The first kappa shape index (κ1) is 55.4. The topological polar surface area (TPSA) is 108 Å². The summed E-state index contributed by atoms with van der Waals surface area (Å²) in [4.78, 5) is 25.2. The van der Waals surface area contributed by atoms with Gasteiger partial charge in [0.1, 0.15) is 13.2 Å². The molecule has 0 spiro atoms. The van der Waals surface area contributed by atoms with Crippen molar-refractivity contribution < 1.29 is 32.9 Å². The van der Waals surface area contributed by atoms with Gasteiger partial charge < -0.3 is 28.8 Å². The Balaban J connectivity index is 4.26. The molecule has 0 aromatic heterocycles. The summed E-state index contributed by atoms with van der Waals surface area (Å²) in [5.41, 5.74) is 0. The number of carbonyl (C=O) groups excluding carboxylic acids is 1. The van der Waals surface area contributed by atoms with Crippen molar-refractivity contribution in [2.75, 3.05) is 40.9 Å². The molecular formula is C49H85N2O6P. The Hall–Kier alpha value is -2.58. The van der Waals surface area contributed by atoms with Gasteiger partial charge in [0.2, 0.25) is 5.91 Å². The number of carbonyl (C=O) groups is 1. The molecular weight excluding hydrogens is 744 g/mol. The lowest BCUT2D eigenvalue weighted by Gasteiger charge is -2.29. The molecule has 0 saturated carbocycles. The van der Waals surface area contributed by atoms with Crippen LogP contribution >= 0.6 is 7.82 Å². The van der Waals surface area contributed by atoms with E-state index in [-0.39, 0.29) is 12.5 Å². The Morgan fingerprint density at radius 1 is 0.621 bits per heavy atom. The van der Waals surface area contributed by atoms with Crippen LogP contribution in [0.4, 0.5) is 0 Å². The lowest BCUT2D eigenvalue weighted by Crippen LogP contribution is -2.45. The number of nitrogens with zero attached hydrogens (tertiary/aromatic N) is 1. The summed E-state index contributed by atoms with van der Waals surface area (Å²) in [6.07, 6.45) is 56.2. The fraction of sp³-hybridized carbons (Fsp3) is 0.653. The molecule has 1 amide bonds. The molecule has 3 atom stereocenters. The number of likely N-dealkylation sites (N-methyl/N-ethyl adjacent to an activating group) is 1. The van der Waals surface area contributed by atoms with E-state index in [1.807, 2.05) is 27.2 Å². The monoisotopic (exact) mass is 829 g/mol. The van der Waals surface area contributed by atoms with Gasteiger partial charge in [-0.2, -0.15) is 0 Å². The van der Waals surface area contributed by atoms with Crippen LogP contribution in [-0.2, 0) is 18.4 Å². The number of hydrogen-bond acceptors (Lipinski definition) is 6. The number of phosphoric acid groups is 1. The number of amides is 1. The lowest BCUT2D eigenvalue weighted by molar-refractivity contribution is -0.870. The fourth-order valence-electron chi connectivity index (χ4n) is 5.70. The van der Waals surface area contributed by atoms with E-state index in [1.165, 1.54) is 44.9 Å². The van der Waals surface area contributed by atoms with Gasteiger partial charge in [0.05, 0.1) is 39.9 Å². The Kier molecular flexibility index (Phi) is 38.1. The molecule has 0 aliphatic heterocycles. The number of allylic oxidation sites excluding steroid dienone is 15. The average molecular weight is 829 g/mol. The summed E-state index contributed by atoms with van der Waals surface area (Å²) in [5.74, 6) is -0.225. The molecule has 0 fully saturated rings. The van der Waals surface area contributed by atoms with Crippen molar-refractivity contribution in [2.45, 2.75) is 167 Å². The Labute approximate surface area is 356 Å². The molecule has 0 aliphatic rings. The first-order valence-electron chi connectivity index (χ1n) is 22.6. The van der Waals surface area contributed by atoms with Crippen molar-refractivity contribution in [3.63, 3.8) is 0 Å². The van der Waals surface area contributed by atoms with Crippen LogP contribution in [0.3, 0.4) is 0 Å². The van der Waals surface area contributed by atoms with Gasteiger partial charge in [-0.15, -0.1) is 0 Å². The molecule has 0 bridgehead atoms. The van der Waals surface area contributed by atoms with Crippen LogP contribution < -0.4 is 10.2 Å². The van der Waals surface area contributed by atoms with Gasteiger partial charge in [0, 0.05) is 6.42 Å². The minimum atomic E-state index is -4.60. The first-order valence-corrected chi connectivity index (χ1v) is 24.1. The highest BCUT2D eigenvalue weighted by atomic mass is 31.2. The van der Waals surface area contributed by atoms with Gasteiger partial charge in [-0.05, 0) is 83.5 Å². The second-order valence-corrected chi connectivity index (χ2v) is 17.4. The molecule has 0 aromatic carbocycles. The molecule has 0 rings (SSSR count). The molecule has 58 heavy (non-hydrogen) atoms. The van der Waals surface area contributed by atoms with Crippen LogP contribution in [-0.4, -0.2) is 68.5 Å². The minimum Gasteiger partial charge on any atom is -0.756 e. The van der Waals surface area contributed by atoms with Crippen molar-refractivity contribution in [1.82, 2.24) is 5.32 Å². The van der Waals surface area contributed by atoms with Crippen molar-refractivity contribution in [3.8, 4) is 0 Å². The maximum absolute atomic E-state index is 12.8.